The van der Waals surface area contributed by atoms with Crippen LogP contribution in [0.4, 0.5) is 0 Å². The number of aryl methyl sites for hydroxylation is 1. The van der Waals surface area contributed by atoms with E-state index in [-0.39, 0.29) is 16.2 Å². The largest absolute Gasteiger partial charge is 0.244 e. The summed E-state index contributed by atoms with van der Waals surface area (Å²) in [6.07, 6.45) is 2.36. The maximum Gasteiger partial charge on any atom is 0.244 e. The average molecular weight is 312 g/mol. The van der Waals surface area contributed by atoms with Crippen molar-refractivity contribution in [3.8, 4) is 0 Å². The lowest BCUT2D eigenvalue weighted by atomic mass is 10.1. The second kappa shape index (κ2) is 5.87. The lowest BCUT2D eigenvalue weighted by Gasteiger charge is -2.14. The number of sulfonamides is 1. The Hall–Kier alpha value is -1.50. The van der Waals surface area contributed by atoms with Gasteiger partial charge in [-0.2, -0.15) is 0 Å². The van der Waals surface area contributed by atoms with Crippen molar-refractivity contribution in [3.63, 3.8) is 0 Å². The number of nitrogens with zero attached hydrogens (tertiary/aromatic N) is 2. The van der Waals surface area contributed by atoms with Gasteiger partial charge in [-0.15, -0.1) is 0 Å². The van der Waals surface area contributed by atoms with Crippen molar-refractivity contribution in [1.82, 2.24) is 14.7 Å². The fourth-order valence-corrected chi connectivity index (χ4v) is 2.88. The SMILES string of the molecule is Cc1ccc(C(C)NS(=O)(=O)c2cnc(Cl)nc2)cc1. The third-order valence-electron chi connectivity index (χ3n) is 2.82. The van der Waals surface area contributed by atoms with E-state index >= 15 is 0 Å². The monoisotopic (exact) mass is 311 g/mol. The number of aromatic nitrogens is 2. The number of halogens is 1. The van der Waals surface area contributed by atoms with E-state index in [4.69, 9.17) is 11.6 Å². The summed E-state index contributed by atoms with van der Waals surface area (Å²) in [5.74, 6) is 0. The fraction of sp³-hybridized carbons (Fsp3) is 0.231. The molecule has 5 nitrogen and oxygen atoms in total. The number of benzene rings is 1. The molecule has 1 unspecified atom stereocenters. The minimum Gasteiger partial charge on any atom is -0.225 e. The van der Waals surface area contributed by atoms with Crippen LogP contribution in [-0.2, 0) is 10.0 Å². The van der Waals surface area contributed by atoms with Gasteiger partial charge in [0.15, 0.2) is 0 Å². The van der Waals surface area contributed by atoms with E-state index in [2.05, 4.69) is 14.7 Å². The molecule has 0 saturated carbocycles. The maximum absolute atomic E-state index is 12.2. The van der Waals surface area contributed by atoms with Crippen LogP contribution in [0.2, 0.25) is 5.28 Å². The molecule has 0 aliphatic rings. The van der Waals surface area contributed by atoms with Crippen LogP contribution in [0.25, 0.3) is 0 Å². The van der Waals surface area contributed by atoms with Gasteiger partial charge in [0, 0.05) is 6.04 Å². The fourth-order valence-electron chi connectivity index (χ4n) is 1.66. The summed E-state index contributed by atoms with van der Waals surface area (Å²) in [7, 11) is -3.67. The Morgan fingerprint density at radius 3 is 2.25 bits per heavy atom. The van der Waals surface area contributed by atoms with E-state index in [1.807, 2.05) is 31.2 Å². The van der Waals surface area contributed by atoms with E-state index in [0.29, 0.717) is 0 Å². The molecule has 1 aromatic carbocycles. The number of hydrogen-bond acceptors (Lipinski definition) is 4. The van der Waals surface area contributed by atoms with Crippen LogP contribution >= 0.6 is 11.6 Å². The van der Waals surface area contributed by atoms with E-state index in [0.717, 1.165) is 11.1 Å². The Bertz CT molecular complexity index is 685. The van der Waals surface area contributed by atoms with Crippen molar-refractivity contribution in [1.29, 1.82) is 0 Å². The van der Waals surface area contributed by atoms with Gasteiger partial charge in [0.1, 0.15) is 4.90 Å². The third-order valence-corrected chi connectivity index (χ3v) is 4.51. The van der Waals surface area contributed by atoms with Crippen LogP contribution in [0.5, 0.6) is 0 Å². The van der Waals surface area contributed by atoms with Gasteiger partial charge in [0.2, 0.25) is 15.3 Å². The lowest BCUT2D eigenvalue weighted by molar-refractivity contribution is 0.566. The van der Waals surface area contributed by atoms with Crippen molar-refractivity contribution < 1.29 is 8.42 Å². The Labute approximate surface area is 123 Å². The van der Waals surface area contributed by atoms with Gasteiger partial charge in [0.05, 0.1) is 12.4 Å². The molecule has 0 aliphatic heterocycles. The van der Waals surface area contributed by atoms with Crippen molar-refractivity contribution in [3.05, 3.63) is 53.1 Å². The number of hydrogen-bond donors (Lipinski definition) is 1. The van der Waals surface area contributed by atoms with Gasteiger partial charge in [-0.25, -0.2) is 23.1 Å². The molecule has 1 atom stereocenters. The summed E-state index contributed by atoms with van der Waals surface area (Å²) in [6, 6.07) is 7.30. The molecule has 2 aromatic rings. The Kier molecular flexibility index (Phi) is 4.37. The smallest absolute Gasteiger partial charge is 0.225 e. The number of nitrogens with one attached hydrogen (secondary N) is 1. The molecule has 0 spiro atoms. The van der Waals surface area contributed by atoms with Crippen molar-refractivity contribution in [2.45, 2.75) is 24.8 Å². The molecule has 106 valence electrons. The highest BCUT2D eigenvalue weighted by Crippen LogP contribution is 2.17. The van der Waals surface area contributed by atoms with E-state index in [1.54, 1.807) is 6.92 Å². The zero-order valence-electron chi connectivity index (χ0n) is 11.0. The van der Waals surface area contributed by atoms with Crippen molar-refractivity contribution in [2.24, 2.45) is 0 Å². The first-order valence-corrected chi connectivity index (χ1v) is 7.81. The first-order chi connectivity index (χ1) is 9.38. The molecule has 0 fully saturated rings. The third kappa shape index (κ3) is 3.53. The van der Waals surface area contributed by atoms with E-state index in [9.17, 15) is 8.42 Å². The summed E-state index contributed by atoms with van der Waals surface area (Å²) in [6.45, 7) is 3.75. The molecule has 20 heavy (non-hydrogen) atoms. The second-order valence-electron chi connectivity index (χ2n) is 4.44. The quantitative estimate of drug-likeness (QED) is 0.880. The molecule has 1 heterocycles. The molecule has 7 heteroatoms. The van der Waals surface area contributed by atoms with Crippen LogP contribution < -0.4 is 4.72 Å². The van der Waals surface area contributed by atoms with E-state index in [1.165, 1.54) is 12.4 Å². The summed E-state index contributed by atoms with van der Waals surface area (Å²) in [4.78, 5) is 7.33. The van der Waals surface area contributed by atoms with Gasteiger partial charge >= 0.3 is 0 Å². The maximum atomic E-state index is 12.2. The molecule has 1 N–H and O–H groups in total. The Balaban J connectivity index is 2.19. The highest BCUT2D eigenvalue weighted by molar-refractivity contribution is 7.89. The van der Waals surface area contributed by atoms with Crippen LogP contribution in [0.15, 0.2) is 41.6 Å². The van der Waals surface area contributed by atoms with E-state index < -0.39 is 10.0 Å². The highest BCUT2D eigenvalue weighted by Gasteiger charge is 2.19. The standard InChI is InChI=1S/C13H14ClN3O2S/c1-9-3-5-11(6-4-9)10(2)17-20(18,19)12-7-15-13(14)16-8-12/h3-8,10,17H,1-2H3. The first-order valence-electron chi connectivity index (χ1n) is 5.95. The van der Waals surface area contributed by atoms with Gasteiger partial charge < -0.3 is 0 Å². The minimum atomic E-state index is -3.67. The Morgan fingerprint density at radius 1 is 1.15 bits per heavy atom. The van der Waals surface area contributed by atoms with Crippen molar-refractivity contribution >= 4 is 21.6 Å². The molecule has 0 aliphatic carbocycles. The van der Waals surface area contributed by atoms with Gasteiger partial charge in [0.25, 0.3) is 0 Å². The molecule has 2 rings (SSSR count). The molecule has 0 radical (unpaired) electrons. The molecular weight excluding hydrogens is 298 g/mol. The average Bonchev–Trinajstić information content (AvgIpc) is 2.39. The summed E-state index contributed by atoms with van der Waals surface area (Å²) in [5, 5.41) is 0.00975. The molecule has 1 aromatic heterocycles. The van der Waals surface area contributed by atoms with Gasteiger partial charge in [-0.3, -0.25) is 0 Å². The highest BCUT2D eigenvalue weighted by atomic mass is 35.5. The topological polar surface area (TPSA) is 72.0 Å². The molecular formula is C13H14ClN3O2S. The lowest BCUT2D eigenvalue weighted by Crippen LogP contribution is -2.27. The van der Waals surface area contributed by atoms with Gasteiger partial charge in [-0.05, 0) is 31.0 Å². The second-order valence-corrected chi connectivity index (χ2v) is 6.49. The molecule has 0 amide bonds. The zero-order chi connectivity index (χ0) is 14.8. The number of rotatable bonds is 4. The van der Waals surface area contributed by atoms with Crippen LogP contribution in [-0.4, -0.2) is 18.4 Å². The van der Waals surface area contributed by atoms with Crippen molar-refractivity contribution in [2.75, 3.05) is 0 Å². The van der Waals surface area contributed by atoms with Crippen LogP contribution in [0.3, 0.4) is 0 Å². The predicted octanol–water partition coefficient (Wildman–Crippen LogP) is 2.48. The van der Waals surface area contributed by atoms with Gasteiger partial charge in [-0.1, -0.05) is 29.8 Å². The minimum absolute atomic E-state index is 0.00975. The van der Waals surface area contributed by atoms with Crippen LogP contribution in [0, 0.1) is 6.92 Å². The summed E-state index contributed by atoms with van der Waals surface area (Å²) >= 11 is 5.54. The first kappa shape index (κ1) is 14.9. The molecule has 0 bridgehead atoms. The summed E-state index contributed by atoms with van der Waals surface area (Å²) in [5.41, 5.74) is 2.00. The normalized spacial score (nSPS) is 13.2. The zero-order valence-corrected chi connectivity index (χ0v) is 12.6. The predicted molar refractivity (Wildman–Crippen MR) is 77.0 cm³/mol. The Morgan fingerprint density at radius 2 is 1.70 bits per heavy atom. The summed E-state index contributed by atoms with van der Waals surface area (Å²) < 4.78 is 26.9. The molecule has 0 saturated heterocycles. The van der Waals surface area contributed by atoms with Crippen LogP contribution in [0.1, 0.15) is 24.1 Å².